The average molecular weight is 262 g/mol. The van der Waals surface area contributed by atoms with Gasteiger partial charge < -0.3 is 10.4 Å². The molecule has 1 fully saturated rings. The molecular weight excluding hydrogens is 248 g/mol. The lowest BCUT2D eigenvalue weighted by Gasteiger charge is -2.14. The Morgan fingerprint density at radius 2 is 2.05 bits per heavy atom. The predicted octanol–water partition coefficient (Wildman–Crippen LogP) is 1.22. The highest BCUT2D eigenvalue weighted by molar-refractivity contribution is 6.04. The molecule has 1 unspecified atom stereocenters. The van der Waals surface area contributed by atoms with Gasteiger partial charge in [-0.25, -0.2) is 9.59 Å². The first-order valence-electron chi connectivity index (χ1n) is 5.97. The molecule has 1 heterocycles. The number of rotatable bonds is 4. The van der Waals surface area contributed by atoms with E-state index in [9.17, 15) is 14.4 Å². The second-order valence-electron chi connectivity index (χ2n) is 4.30. The molecule has 0 radical (unpaired) electrons. The van der Waals surface area contributed by atoms with Gasteiger partial charge in [0.2, 0.25) is 0 Å². The summed E-state index contributed by atoms with van der Waals surface area (Å²) in [5.74, 6) is -1.39. The number of carbonyl (C=O) groups excluding carboxylic acids is 2. The second kappa shape index (κ2) is 5.09. The first-order chi connectivity index (χ1) is 9.04. The Balaban J connectivity index is 2.25. The number of carboxylic acid groups (broad SMARTS) is 1. The van der Waals surface area contributed by atoms with Gasteiger partial charge in [-0.1, -0.05) is 25.1 Å². The summed E-state index contributed by atoms with van der Waals surface area (Å²) in [5.41, 5.74) is 0.540. The zero-order chi connectivity index (χ0) is 14.0. The van der Waals surface area contributed by atoms with Crippen LogP contribution in [0, 0.1) is 0 Å². The van der Waals surface area contributed by atoms with Crippen LogP contribution in [-0.2, 0) is 11.3 Å². The van der Waals surface area contributed by atoms with Gasteiger partial charge in [0.25, 0.3) is 5.91 Å². The zero-order valence-corrected chi connectivity index (χ0v) is 10.4. The lowest BCUT2D eigenvalue weighted by molar-refractivity contribution is -0.127. The Hall–Kier alpha value is -2.37. The highest BCUT2D eigenvalue weighted by atomic mass is 16.4. The lowest BCUT2D eigenvalue weighted by atomic mass is 10.1. The number of nitrogens with one attached hydrogen (secondary N) is 1. The molecule has 0 aromatic heterocycles. The summed E-state index contributed by atoms with van der Waals surface area (Å²) in [7, 11) is 0. The van der Waals surface area contributed by atoms with Crippen molar-refractivity contribution in [3.63, 3.8) is 0 Å². The van der Waals surface area contributed by atoms with E-state index in [-0.39, 0.29) is 18.0 Å². The van der Waals surface area contributed by atoms with E-state index in [1.807, 2.05) is 0 Å². The molecule has 6 nitrogen and oxygen atoms in total. The van der Waals surface area contributed by atoms with Gasteiger partial charge in [-0.05, 0) is 18.1 Å². The molecule has 1 aliphatic heterocycles. The molecule has 3 amide bonds. The minimum Gasteiger partial charge on any atom is -0.478 e. The number of carbonyl (C=O) groups is 3. The molecule has 0 aliphatic carbocycles. The van der Waals surface area contributed by atoms with Crippen molar-refractivity contribution < 1.29 is 19.5 Å². The maximum Gasteiger partial charge on any atom is 0.336 e. The van der Waals surface area contributed by atoms with Crippen molar-refractivity contribution in [2.45, 2.75) is 25.9 Å². The fraction of sp³-hybridized carbons (Fsp3) is 0.308. The molecule has 1 aromatic carbocycles. The number of aromatic carboxylic acids is 1. The van der Waals surface area contributed by atoms with Crippen molar-refractivity contribution in [3.8, 4) is 0 Å². The number of hydrogen-bond acceptors (Lipinski definition) is 3. The summed E-state index contributed by atoms with van der Waals surface area (Å²) in [6, 6.07) is 5.35. The molecule has 1 saturated heterocycles. The van der Waals surface area contributed by atoms with Gasteiger partial charge >= 0.3 is 12.0 Å². The minimum atomic E-state index is -1.07. The molecule has 1 aromatic rings. The Bertz CT molecular complexity index is 541. The molecule has 19 heavy (non-hydrogen) atoms. The summed E-state index contributed by atoms with van der Waals surface area (Å²) >= 11 is 0. The summed E-state index contributed by atoms with van der Waals surface area (Å²) in [6.45, 7) is 1.78. The maximum absolute atomic E-state index is 11.9. The molecule has 0 saturated carbocycles. The van der Waals surface area contributed by atoms with E-state index in [2.05, 4.69) is 5.32 Å². The van der Waals surface area contributed by atoms with Crippen molar-refractivity contribution in [1.29, 1.82) is 0 Å². The molecule has 1 aliphatic rings. The number of urea groups is 1. The normalized spacial score (nSPS) is 18.6. The standard InChI is InChI=1S/C13H14N2O4/c1-2-10-11(16)15(13(19)14-10)7-8-5-3-4-6-9(8)12(17)18/h3-6,10H,2,7H2,1H3,(H,14,19)(H,17,18). The SMILES string of the molecule is CCC1NC(=O)N(Cc2ccccc2C(=O)O)C1=O. The van der Waals surface area contributed by atoms with Crippen LogP contribution in [0.15, 0.2) is 24.3 Å². The van der Waals surface area contributed by atoms with E-state index in [0.29, 0.717) is 12.0 Å². The fourth-order valence-corrected chi connectivity index (χ4v) is 2.04. The lowest BCUT2D eigenvalue weighted by Crippen LogP contribution is -2.31. The van der Waals surface area contributed by atoms with Gasteiger partial charge in [-0.3, -0.25) is 9.69 Å². The molecule has 100 valence electrons. The van der Waals surface area contributed by atoms with Crippen LogP contribution < -0.4 is 5.32 Å². The van der Waals surface area contributed by atoms with Crippen molar-refractivity contribution in [1.82, 2.24) is 10.2 Å². The van der Waals surface area contributed by atoms with Crippen LogP contribution >= 0.6 is 0 Å². The monoisotopic (exact) mass is 262 g/mol. The van der Waals surface area contributed by atoms with E-state index in [4.69, 9.17) is 5.11 Å². The molecule has 1 atom stereocenters. The van der Waals surface area contributed by atoms with Gasteiger partial charge in [0.05, 0.1) is 12.1 Å². The van der Waals surface area contributed by atoms with Gasteiger partial charge in [0.15, 0.2) is 0 Å². The van der Waals surface area contributed by atoms with Gasteiger partial charge in [-0.15, -0.1) is 0 Å². The number of imide groups is 1. The highest BCUT2D eigenvalue weighted by Gasteiger charge is 2.37. The van der Waals surface area contributed by atoms with E-state index < -0.39 is 18.0 Å². The third-order valence-electron chi connectivity index (χ3n) is 3.09. The minimum absolute atomic E-state index is 0.0242. The van der Waals surface area contributed by atoms with Crippen LogP contribution in [0.1, 0.15) is 29.3 Å². The second-order valence-corrected chi connectivity index (χ2v) is 4.30. The third-order valence-corrected chi connectivity index (χ3v) is 3.09. The average Bonchev–Trinajstić information content (AvgIpc) is 2.66. The van der Waals surface area contributed by atoms with Crippen molar-refractivity contribution in [2.75, 3.05) is 0 Å². The Morgan fingerprint density at radius 3 is 2.63 bits per heavy atom. The van der Waals surface area contributed by atoms with Crippen molar-refractivity contribution in [3.05, 3.63) is 35.4 Å². The Morgan fingerprint density at radius 1 is 1.37 bits per heavy atom. The third kappa shape index (κ3) is 2.42. The first-order valence-corrected chi connectivity index (χ1v) is 5.97. The summed E-state index contributed by atoms with van der Waals surface area (Å²) in [4.78, 5) is 35.7. The quantitative estimate of drug-likeness (QED) is 0.798. The fourth-order valence-electron chi connectivity index (χ4n) is 2.04. The summed E-state index contributed by atoms with van der Waals surface area (Å²) in [5, 5.41) is 11.6. The maximum atomic E-state index is 11.9. The smallest absolute Gasteiger partial charge is 0.336 e. The van der Waals surface area contributed by atoms with Crippen molar-refractivity contribution >= 4 is 17.9 Å². The van der Waals surface area contributed by atoms with E-state index in [1.54, 1.807) is 25.1 Å². The van der Waals surface area contributed by atoms with Gasteiger partial charge in [-0.2, -0.15) is 0 Å². The number of benzene rings is 1. The molecule has 6 heteroatoms. The highest BCUT2D eigenvalue weighted by Crippen LogP contribution is 2.16. The predicted molar refractivity (Wildman–Crippen MR) is 66.6 cm³/mol. The number of carboxylic acids is 1. The molecule has 0 bridgehead atoms. The zero-order valence-electron chi connectivity index (χ0n) is 10.4. The molecule has 0 spiro atoms. The number of hydrogen-bond donors (Lipinski definition) is 2. The van der Waals surface area contributed by atoms with Crippen molar-refractivity contribution in [2.24, 2.45) is 0 Å². The van der Waals surface area contributed by atoms with E-state index >= 15 is 0 Å². The first kappa shape index (κ1) is 13.1. The van der Waals surface area contributed by atoms with Crippen LogP contribution in [0.4, 0.5) is 4.79 Å². The largest absolute Gasteiger partial charge is 0.478 e. The Kier molecular flexibility index (Phi) is 3.50. The van der Waals surface area contributed by atoms with Crippen LogP contribution in [0.25, 0.3) is 0 Å². The molecular formula is C13H14N2O4. The number of amides is 3. The van der Waals surface area contributed by atoms with Crippen LogP contribution in [-0.4, -0.2) is 34.0 Å². The summed E-state index contributed by atoms with van der Waals surface area (Å²) < 4.78 is 0. The Labute approximate surface area is 110 Å². The van der Waals surface area contributed by atoms with Gasteiger partial charge in [0, 0.05) is 0 Å². The summed E-state index contributed by atoms with van der Waals surface area (Å²) in [6.07, 6.45) is 0.516. The molecule has 2 rings (SSSR count). The van der Waals surface area contributed by atoms with Crippen LogP contribution in [0.3, 0.4) is 0 Å². The van der Waals surface area contributed by atoms with Gasteiger partial charge in [0.1, 0.15) is 6.04 Å². The van der Waals surface area contributed by atoms with Crippen LogP contribution in [0.2, 0.25) is 0 Å². The van der Waals surface area contributed by atoms with E-state index in [0.717, 1.165) is 4.90 Å². The van der Waals surface area contributed by atoms with Crippen LogP contribution in [0.5, 0.6) is 0 Å². The topological polar surface area (TPSA) is 86.7 Å². The number of nitrogens with zero attached hydrogens (tertiary/aromatic N) is 1. The van der Waals surface area contributed by atoms with E-state index in [1.165, 1.54) is 6.07 Å². The molecule has 2 N–H and O–H groups in total.